The van der Waals surface area contributed by atoms with Crippen molar-refractivity contribution in [1.29, 1.82) is 0 Å². The van der Waals surface area contributed by atoms with E-state index in [1.165, 1.54) is 0 Å². The van der Waals surface area contributed by atoms with Crippen LogP contribution in [0.5, 0.6) is 0 Å². The van der Waals surface area contributed by atoms with E-state index in [-0.39, 0.29) is 23.8 Å². The molecule has 0 aromatic rings. The summed E-state index contributed by atoms with van der Waals surface area (Å²) in [6.07, 6.45) is 11.2. The van der Waals surface area contributed by atoms with Gasteiger partial charge in [0.2, 0.25) is 0 Å². The second kappa shape index (κ2) is 7.94. The molecule has 0 N–H and O–H groups in total. The molecule has 5 fully saturated rings. The molecule has 6 heteroatoms. The molecule has 5 aliphatic rings. The van der Waals surface area contributed by atoms with Gasteiger partial charge in [-0.2, -0.15) is 0 Å². The largest absolute Gasteiger partial charge is 0.465 e. The predicted octanol–water partition coefficient (Wildman–Crippen LogP) is 3.01. The monoisotopic (exact) mass is 392 g/mol. The van der Waals surface area contributed by atoms with Gasteiger partial charge in [-0.1, -0.05) is 0 Å². The van der Waals surface area contributed by atoms with Crippen LogP contribution in [0.15, 0.2) is 0 Å². The number of fused-ring (bicyclic) bond motifs is 2. The fourth-order valence-electron chi connectivity index (χ4n) is 5.44. The second-order valence-electron chi connectivity index (χ2n) is 9.59. The number of epoxide rings is 2. The van der Waals surface area contributed by atoms with Crippen LogP contribution in [-0.4, -0.2) is 49.6 Å². The summed E-state index contributed by atoms with van der Waals surface area (Å²) in [4.78, 5) is 24.6. The minimum Gasteiger partial charge on any atom is -0.465 e. The lowest BCUT2D eigenvalue weighted by Crippen LogP contribution is -2.29. The molecule has 0 radical (unpaired) electrons. The Kier molecular flexibility index (Phi) is 5.35. The van der Waals surface area contributed by atoms with E-state index in [1.54, 1.807) is 0 Å². The number of ether oxygens (including phenoxy) is 4. The molecular formula is C22H32O6. The summed E-state index contributed by atoms with van der Waals surface area (Å²) in [6, 6.07) is 0. The first-order chi connectivity index (χ1) is 13.7. The van der Waals surface area contributed by atoms with E-state index in [4.69, 9.17) is 18.9 Å². The Morgan fingerprint density at radius 2 is 1.04 bits per heavy atom. The van der Waals surface area contributed by atoms with Gasteiger partial charge in [-0.3, -0.25) is 9.59 Å². The third kappa shape index (κ3) is 4.38. The van der Waals surface area contributed by atoms with Gasteiger partial charge in [-0.25, -0.2) is 0 Å². The zero-order chi connectivity index (χ0) is 19.1. The van der Waals surface area contributed by atoms with E-state index < -0.39 is 0 Å². The van der Waals surface area contributed by atoms with Crippen LogP contribution in [0, 0.1) is 23.7 Å². The zero-order valence-electron chi connectivity index (χ0n) is 16.6. The maximum Gasteiger partial charge on any atom is 0.309 e. The Labute approximate surface area is 166 Å². The van der Waals surface area contributed by atoms with Crippen molar-refractivity contribution in [1.82, 2.24) is 0 Å². The van der Waals surface area contributed by atoms with Crippen molar-refractivity contribution in [3.8, 4) is 0 Å². The van der Waals surface area contributed by atoms with Crippen LogP contribution in [0.3, 0.4) is 0 Å². The van der Waals surface area contributed by atoms with Crippen molar-refractivity contribution < 1.29 is 28.5 Å². The van der Waals surface area contributed by atoms with Crippen molar-refractivity contribution in [3.05, 3.63) is 0 Å². The van der Waals surface area contributed by atoms with Crippen LogP contribution in [0.1, 0.15) is 64.2 Å². The third-order valence-corrected chi connectivity index (χ3v) is 7.56. The molecule has 0 amide bonds. The van der Waals surface area contributed by atoms with E-state index >= 15 is 0 Å². The molecule has 6 nitrogen and oxygen atoms in total. The molecule has 0 spiro atoms. The smallest absolute Gasteiger partial charge is 0.309 e. The summed E-state index contributed by atoms with van der Waals surface area (Å²) in [5.41, 5.74) is 0. The van der Waals surface area contributed by atoms with E-state index in [1.807, 2.05) is 0 Å². The number of esters is 2. The minimum atomic E-state index is -0.0284. The lowest BCUT2D eigenvalue weighted by atomic mass is 9.82. The number of carbonyl (C=O) groups excluding carboxylic acids is 2. The molecule has 3 saturated carbocycles. The molecule has 4 unspecified atom stereocenters. The molecule has 156 valence electrons. The van der Waals surface area contributed by atoms with Gasteiger partial charge in [-0.05, 0) is 76.0 Å². The molecule has 0 aromatic heterocycles. The van der Waals surface area contributed by atoms with Gasteiger partial charge in [-0.15, -0.1) is 0 Å². The average molecular weight is 392 g/mol. The Bertz CT molecular complexity index is 546. The van der Waals surface area contributed by atoms with Crippen LogP contribution < -0.4 is 0 Å². The van der Waals surface area contributed by atoms with E-state index in [0.29, 0.717) is 49.5 Å². The summed E-state index contributed by atoms with van der Waals surface area (Å²) >= 11 is 0. The van der Waals surface area contributed by atoms with Crippen LogP contribution in [-0.2, 0) is 28.5 Å². The summed E-state index contributed by atoms with van der Waals surface area (Å²) in [5.74, 6) is 0.920. The lowest BCUT2D eigenvalue weighted by Gasteiger charge is -2.29. The van der Waals surface area contributed by atoms with Gasteiger partial charge in [0.05, 0.1) is 49.5 Å². The van der Waals surface area contributed by atoms with Crippen molar-refractivity contribution in [2.75, 3.05) is 13.2 Å². The van der Waals surface area contributed by atoms with Gasteiger partial charge in [0.1, 0.15) is 0 Å². The fourth-order valence-corrected chi connectivity index (χ4v) is 5.44. The number of hydrogen-bond acceptors (Lipinski definition) is 6. The van der Waals surface area contributed by atoms with Crippen molar-refractivity contribution >= 4 is 11.9 Å². The van der Waals surface area contributed by atoms with E-state index in [9.17, 15) is 9.59 Å². The SMILES string of the molecule is O=C(OCC1CCC(COC(=O)C2CCC3O[C@H]3C2)CC1)C1CCC2O[C@H]2C1. The second-order valence-corrected chi connectivity index (χ2v) is 9.59. The van der Waals surface area contributed by atoms with Crippen molar-refractivity contribution in [2.45, 2.75) is 88.6 Å². The topological polar surface area (TPSA) is 77.7 Å². The predicted molar refractivity (Wildman–Crippen MR) is 99.4 cm³/mol. The highest BCUT2D eigenvalue weighted by molar-refractivity contribution is 5.73. The van der Waals surface area contributed by atoms with Crippen molar-refractivity contribution in [2.24, 2.45) is 23.7 Å². The number of rotatable bonds is 6. The van der Waals surface area contributed by atoms with E-state index in [2.05, 4.69) is 0 Å². The quantitative estimate of drug-likeness (QED) is 0.511. The average Bonchev–Trinajstić information content (AvgIpc) is 3.63. The standard InChI is InChI=1S/C22H32O6/c23-21(15-5-7-17-19(9-15)27-17)25-11-13-1-2-14(4-3-13)12-26-22(24)16-6-8-18-20(10-16)28-18/h13-20H,1-12H2/t13?,14?,15?,16?,17?,18?,19-,20-/m0/s1. The van der Waals surface area contributed by atoms with Gasteiger partial charge in [0.25, 0.3) is 0 Å². The minimum absolute atomic E-state index is 0.0284. The first-order valence-corrected chi connectivity index (χ1v) is 11.3. The lowest BCUT2D eigenvalue weighted by molar-refractivity contribution is -0.153. The fraction of sp³-hybridized carbons (Fsp3) is 0.909. The highest BCUT2D eigenvalue weighted by atomic mass is 16.6. The molecule has 28 heavy (non-hydrogen) atoms. The van der Waals surface area contributed by atoms with Gasteiger partial charge in [0, 0.05) is 0 Å². The van der Waals surface area contributed by atoms with Crippen LogP contribution in [0.2, 0.25) is 0 Å². The molecular weight excluding hydrogens is 360 g/mol. The normalized spacial score (nSPS) is 44.0. The van der Waals surface area contributed by atoms with Crippen molar-refractivity contribution in [3.63, 3.8) is 0 Å². The number of hydrogen-bond donors (Lipinski definition) is 0. The summed E-state index contributed by atoms with van der Waals surface area (Å²) in [6.45, 7) is 1.09. The molecule has 5 rings (SSSR count). The maximum atomic E-state index is 12.3. The molecule has 3 aliphatic carbocycles. The van der Waals surface area contributed by atoms with Gasteiger partial charge in [0.15, 0.2) is 0 Å². The highest BCUT2D eigenvalue weighted by Gasteiger charge is 2.47. The summed E-state index contributed by atoms with van der Waals surface area (Å²) in [7, 11) is 0. The molecule has 2 saturated heterocycles. The van der Waals surface area contributed by atoms with Gasteiger partial charge < -0.3 is 18.9 Å². The number of carbonyl (C=O) groups is 2. The first-order valence-electron chi connectivity index (χ1n) is 11.3. The van der Waals surface area contributed by atoms with Crippen LogP contribution in [0.4, 0.5) is 0 Å². The summed E-state index contributed by atoms with van der Waals surface area (Å²) < 4.78 is 22.2. The Balaban J connectivity index is 0.961. The molecule has 6 atom stereocenters. The Morgan fingerprint density at radius 1 is 0.607 bits per heavy atom. The summed E-state index contributed by atoms with van der Waals surface area (Å²) in [5, 5.41) is 0. The van der Waals surface area contributed by atoms with Crippen LogP contribution >= 0.6 is 0 Å². The maximum absolute atomic E-state index is 12.3. The van der Waals surface area contributed by atoms with E-state index in [0.717, 1.165) is 64.2 Å². The first kappa shape index (κ1) is 18.9. The highest BCUT2D eigenvalue weighted by Crippen LogP contribution is 2.41. The van der Waals surface area contributed by atoms with Gasteiger partial charge >= 0.3 is 11.9 Å². The van der Waals surface area contributed by atoms with Crippen LogP contribution in [0.25, 0.3) is 0 Å². The molecule has 0 bridgehead atoms. The Hall–Kier alpha value is -1.14. The molecule has 0 aromatic carbocycles. The third-order valence-electron chi connectivity index (χ3n) is 7.56. The molecule has 2 heterocycles. The Morgan fingerprint density at radius 3 is 1.43 bits per heavy atom. The zero-order valence-corrected chi connectivity index (χ0v) is 16.6. The molecule has 2 aliphatic heterocycles.